The van der Waals surface area contributed by atoms with Crippen LogP contribution in [0.4, 0.5) is 0 Å². The van der Waals surface area contributed by atoms with E-state index in [0.717, 1.165) is 36.7 Å². The van der Waals surface area contributed by atoms with Crippen LogP contribution in [0.1, 0.15) is 95.4 Å². The van der Waals surface area contributed by atoms with Crippen molar-refractivity contribution < 1.29 is 9.53 Å². The summed E-state index contributed by atoms with van der Waals surface area (Å²) in [6.07, 6.45) is 11.3. The Labute approximate surface area is 305 Å². The summed E-state index contributed by atoms with van der Waals surface area (Å²) >= 11 is 0. The van der Waals surface area contributed by atoms with Gasteiger partial charge in [-0.1, -0.05) is 144 Å². The first kappa shape index (κ1) is 39.1. The van der Waals surface area contributed by atoms with Crippen LogP contribution < -0.4 is 15.9 Å². The molecule has 4 aromatic carbocycles. The van der Waals surface area contributed by atoms with Crippen LogP contribution in [-0.2, 0) is 35.2 Å². The molecule has 50 heavy (non-hydrogen) atoms. The molecule has 1 aliphatic rings. The molecule has 2 nitrogen and oxygen atoms in total. The molecule has 0 N–H and O–H groups in total. The van der Waals surface area contributed by atoms with Crippen LogP contribution >= 0.6 is 7.92 Å². The molecular formula is C47H59O2P. The summed E-state index contributed by atoms with van der Waals surface area (Å²) in [5.41, 5.74) is 5.37. The van der Waals surface area contributed by atoms with Gasteiger partial charge in [-0.05, 0) is 109 Å². The highest BCUT2D eigenvalue weighted by atomic mass is 31.1. The summed E-state index contributed by atoms with van der Waals surface area (Å²) in [6, 6.07) is 37.2. The second-order valence-corrected chi connectivity index (χ2v) is 17.0. The average molecular weight is 687 g/mol. The summed E-state index contributed by atoms with van der Waals surface area (Å²) in [7, 11) is 0.702. The number of benzene rings is 4. The Hall–Kier alpha value is -3.66. The molecule has 264 valence electrons. The van der Waals surface area contributed by atoms with Crippen molar-refractivity contribution in [2.45, 2.75) is 98.8 Å². The molecule has 0 radical (unpaired) electrons. The zero-order valence-electron chi connectivity index (χ0n) is 31.5. The van der Waals surface area contributed by atoms with Crippen molar-refractivity contribution in [2.24, 2.45) is 23.7 Å². The number of carbonyl (C=O) groups excluding carboxylic acids is 1. The minimum atomic E-state index is -0.752. The normalized spacial score (nSPS) is 15.8. The van der Waals surface area contributed by atoms with Crippen molar-refractivity contribution in [1.82, 2.24) is 0 Å². The third-order valence-electron chi connectivity index (χ3n) is 9.54. The van der Waals surface area contributed by atoms with Crippen molar-refractivity contribution in [1.29, 1.82) is 0 Å². The van der Waals surface area contributed by atoms with Gasteiger partial charge in [0.2, 0.25) is 0 Å². The SMILES string of the molecule is CC(C)CCc1ccc(CC2CC#CC(C)CCC2)cc1.COC(=O)Cc1ccc(CCC(C)C)cc1P(c1ccccc1)c1ccccc1. The number of esters is 1. The van der Waals surface area contributed by atoms with Crippen molar-refractivity contribution in [2.75, 3.05) is 7.11 Å². The molecule has 2 unspecified atom stereocenters. The summed E-state index contributed by atoms with van der Waals surface area (Å²) in [4.78, 5) is 12.1. The highest BCUT2D eigenvalue weighted by molar-refractivity contribution is 7.79. The molecule has 2 atom stereocenters. The molecule has 0 fully saturated rings. The van der Waals surface area contributed by atoms with Gasteiger partial charge in [-0.2, -0.15) is 0 Å². The smallest absolute Gasteiger partial charge is 0.310 e. The monoisotopic (exact) mass is 686 g/mol. The van der Waals surface area contributed by atoms with Gasteiger partial charge in [-0.3, -0.25) is 4.79 Å². The number of ether oxygens (including phenoxy) is 1. The van der Waals surface area contributed by atoms with Gasteiger partial charge in [-0.25, -0.2) is 0 Å². The fraction of sp³-hybridized carbons (Fsp3) is 0.426. The van der Waals surface area contributed by atoms with Gasteiger partial charge in [0.05, 0.1) is 13.5 Å². The molecule has 1 aliphatic carbocycles. The minimum absolute atomic E-state index is 0.197. The molecule has 3 heteroatoms. The Bertz CT molecular complexity index is 1590. The standard InChI is InChI=1S/C26H29O2P.C21H30/c1-20(2)14-15-21-16-17-22(19-26(27)28-3)25(18-21)29(23-10-6-4-7-11-23)24-12-8-5-9-13-24;1-17(2)10-11-19-12-14-21(15-13-19)16-20-8-4-6-18(3)7-5-9-20/h4-13,16-18,20H,14-15,19H2,1-3H3;12-15,17-18,20H,4,6,8-11,16H2,1-3H3. The highest BCUT2D eigenvalue weighted by Crippen LogP contribution is 2.35. The fourth-order valence-corrected chi connectivity index (χ4v) is 8.99. The predicted octanol–water partition coefficient (Wildman–Crippen LogP) is 10.4. The van der Waals surface area contributed by atoms with E-state index in [1.807, 2.05) is 0 Å². The first-order valence-electron chi connectivity index (χ1n) is 18.9. The van der Waals surface area contributed by atoms with Crippen LogP contribution in [0.15, 0.2) is 103 Å². The van der Waals surface area contributed by atoms with Crippen molar-refractivity contribution >= 4 is 29.8 Å². The Balaban J connectivity index is 0.000000237. The van der Waals surface area contributed by atoms with E-state index < -0.39 is 7.92 Å². The predicted molar refractivity (Wildman–Crippen MR) is 216 cm³/mol. The maximum Gasteiger partial charge on any atom is 0.310 e. The van der Waals surface area contributed by atoms with Crippen LogP contribution in [0.3, 0.4) is 0 Å². The zero-order valence-corrected chi connectivity index (χ0v) is 32.4. The van der Waals surface area contributed by atoms with E-state index in [-0.39, 0.29) is 5.97 Å². The molecule has 0 bridgehead atoms. The number of hydrogen-bond acceptors (Lipinski definition) is 2. The molecule has 0 aromatic heterocycles. The molecule has 0 aliphatic heterocycles. The number of aryl methyl sites for hydroxylation is 2. The Morgan fingerprint density at radius 3 is 1.90 bits per heavy atom. The van der Waals surface area contributed by atoms with E-state index in [9.17, 15) is 4.79 Å². The van der Waals surface area contributed by atoms with Gasteiger partial charge in [0, 0.05) is 12.3 Å². The van der Waals surface area contributed by atoms with Crippen molar-refractivity contribution in [3.05, 3.63) is 125 Å². The Kier molecular flexibility index (Phi) is 16.3. The van der Waals surface area contributed by atoms with Crippen LogP contribution in [0.25, 0.3) is 0 Å². The number of carbonyl (C=O) groups is 1. The Morgan fingerprint density at radius 2 is 1.32 bits per heavy atom. The molecule has 0 heterocycles. The highest BCUT2D eigenvalue weighted by Gasteiger charge is 2.21. The summed E-state index contributed by atoms with van der Waals surface area (Å²) in [5.74, 6) is 9.41. The van der Waals surface area contributed by atoms with Gasteiger partial charge in [0.25, 0.3) is 0 Å². The third kappa shape index (κ3) is 13.2. The van der Waals surface area contributed by atoms with Crippen molar-refractivity contribution in [3.8, 4) is 11.8 Å². The van der Waals surface area contributed by atoms with Gasteiger partial charge in [0.15, 0.2) is 0 Å². The molecule has 0 saturated carbocycles. The van der Waals surface area contributed by atoms with E-state index in [2.05, 4.69) is 150 Å². The third-order valence-corrected chi connectivity index (χ3v) is 12.1. The fourth-order valence-electron chi connectivity index (χ4n) is 6.46. The summed E-state index contributed by atoms with van der Waals surface area (Å²) in [5, 5.41) is 3.84. The minimum Gasteiger partial charge on any atom is -0.469 e. The van der Waals surface area contributed by atoms with Gasteiger partial charge in [-0.15, -0.1) is 11.8 Å². The maximum atomic E-state index is 12.1. The number of methoxy groups -OCH3 is 1. The maximum absolute atomic E-state index is 12.1. The van der Waals surface area contributed by atoms with Crippen LogP contribution in [-0.4, -0.2) is 13.1 Å². The quantitative estimate of drug-likeness (QED) is 0.0795. The van der Waals surface area contributed by atoms with Crippen LogP contribution in [0, 0.1) is 35.5 Å². The first-order chi connectivity index (χ1) is 24.2. The lowest BCUT2D eigenvalue weighted by molar-refractivity contribution is -0.139. The van der Waals surface area contributed by atoms with E-state index in [4.69, 9.17) is 4.74 Å². The lowest BCUT2D eigenvalue weighted by Crippen LogP contribution is -2.25. The summed E-state index contributed by atoms with van der Waals surface area (Å²) in [6.45, 7) is 11.4. The number of rotatable bonds is 13. The van der Waals surface area contributed by atoms with Crippen molar-refractivity contribution in [3.63, 3.8) is 0 Å². The van der Waals surface area contributed by atoms with E-state index in [1.54, 1.807) is 0 Å². The Morgan fingerprint density at radius 1 is 0.760 bits per heavy atom. The lowest BCUT2D eigenvalue weighted by Gasteiger charge is -2.23. The van der Waals surface area contributed by atoms with E-state index >= 15 is 0 Å². The van der Waals surface area contributed by atoms with E-state index in [0.29, 0.717) is 18.3 Å². The van der Waals surface area contributed by atoms with E-state index in [1.165, 1.54) is 78.2 Å². The lowest BCUT2D eigenvalue weighted by atomic mass is 9.88. The molecular weight excluding hydrogens is 627 g/mol. The van der Waals surface area contributed by atoms with Gasteiger partial charge < -0.3 is 4.74 Å². The van der Waals surface area contributed by atoms with Gasteiger partial charge in [0.1, 0.15) is 0 Å². The molecule has 5 rings (SSSR count). The first-order valence-corrected chi connectivity index (χ1v) is 20.2. The number of hydrogen-bond donors (Lipinski definition) is 0. The molecule has 0 amide bonds. The second-order valence-electron chi connectivity index (χ2n) is 14.8. The van der Waals surface area contributed by atoms with Crippen LogP contribution in [0.2, 0.25) is 0 Å². The van der Waals surface area contributed by atoms with Crippen LogP contribution in [0.5, 0.6) is 0 Å². The topological polar surface area (TPSA) is 26.3 Å². The molecule has 0 saturated heterocycles. The molecule has 0 spiro atoms. The summed E-state index contributed by atoms with van der Waals surface area (Å²) < 4.78 is 4.98. The average Bonchev–Trinajstić information content (AvgIpc) is 3.11. The largest absolute Gasteiger partial charge is 0.469 e. The second kappa shape index (κ2) is 20.9. The molecule has 4 aromatic rings. The zero-order chi connectivity index (χ0) is 35.7. The van der Waals surface area contributed by atoms with Gasteiger partial charge >= 0.3 is 5.97 Å².